The molecule has 0 bridgehead atoms. The van der Waals surface area contributed by atoms with Gasteiger partial charge in [-0.05, 0) is 25.5 Å². The first kappa shape index (κ1) is 12.0. The highest BCUT2D eigenvalue weighted by atomic mass is 16.5. The van der Waals surface area contributed by atoms with Gasteiger partial charge in [0.25, 0.3) is 0 Å². The van der Waals surface area contributed by atoms with Gasteiger partial charge in [-0.25, -0.2) is 4.98 Å². The van der Waals surface area contributed by atoms with E-state index in [-0.39, 0.29) is 0 Å². The maximum absolute atomic E-state index is 5.82. The third-order valence-electron chi connectivity index (χ3n) is 3.35. The van der Waals surface area contributed by atoms with Gasteiger partial charge in [-0.1, -0.05) is 19.4 Å². The van der Waals surface area contributed by atoms with E-state index in [1.54, 1.807) is 0 Å². The number of aromatic nitrogens is 1. The maximum atomic E-state index is 5.82. The predicted molar refractivity (Wildman–Crippen MR) is 70.3 cm³/mol. The van der Waals surface area contributed by atoms with Crippen molar-refractivity contribution in [2.75, 3.05) is 18.6 Å². The van der Waals surface area contributed by atoms with Crippen molar-refractivity contribution in [3.8, 4) is 5.75 Å². The smallest absolute Gasteiger partial charge is 0.175 e. The first-order valence-electron chi connectivity index (χ1n) is 6.16. The third-order valence-corrected chi connectivity index (χ3v) is 3.35. The van der Waals surface area contributed by atoms with Crippen molar-refractivity contribution in [2.24, 2.45) is 5.92 Å². The van der Waals surface area contributed by atoms with Crippen molar-refractivity contribution >= 4 is 5.82 Å². The van der Waals surface area contributed by atoms with Crippen molar-refractivity contribution in [2.45, 2.75) is 27.2 Å². The molecule has 1 aliphatic heterocycles. The predicted octanol–water partition coefficient (Wildman–Crippen LogP) is 3.23. The quantitative estimate of drug-likeness (QED) is 0.743. The number of hydrogen-bond acceptors (Lipinski definition) is 3. The van der Waals surface area contributed by atoms with Gasteiger partial charge in [-0.15, -0.1) is 0 Å². The summed E-state index contributed by atoms with van der Waals surface area (Å²) in [5.41, 5.74) is 2.74. The van der Waals surface area contributed by atoms with Crippen molar-refractivity contribution in [3.63, 3.8) is 0 Å². The summed E-state index contributed by atoms with van der Waals surface area (Å²) in [5, 5.41) is 0. The fourth-order valence-electron chi connectivity index (χ4n) is 2.37. The molecule has 1 aromatic heterocycles. The van der Waals surface area contributed by atoms with Crippen LogP contribution in [0.3, 0.4) is 0 Å². The molecule has 0 radical (unpaired) electrons. The van der Waals surface area contributed by atoms with Crippen molar-refractivity contribution in [1.29, 1.82) is 0 Å². The van der Waals surface area contributed by atoms with E-state index in [9.17, 15) is 0 Å². The molecule has 1 aliphatic rings. The highest BCUT2D eigenvalue weighted by molar-refractivity contribution is 5.57. The van der Waals surface area contributed by atoms with Crippen LogP contribution in [0, 0.1) is 5.92 Å². The van der Waals surface area contributed by atoms with Crippen LogP contribution in [0.15, 0.2) is 29.6 Å². The van der Waals surface area contributed by atoms with Gasteiger partial charge in [0.1, 0.15) is 0 Å². The second-order valence-corrected chi connectivity index (χ2v) is 4.62. The summed E-state index contributed by atoms with van der Waals surface area (Å²) < 4.78 is 5.82. The van der Waals surface area contributed by atoms with E-state index in [0.29, 0.717) is 5.92 Å². The van der Waals surface area contributed by atoms with E-state index < -0.39 is 0 Å². The summed E-state index contributed by atoms with van der Waals surface area (Å²) in [4.78, 5) is 6.60. The Bertz CT molecular complexity index is 440. The first-order chi connectivity index (χ1) is 8.15. The number of anilines is 1. The minimum absolute atomic E-state index is 0.397. The van der Waals surface area contributed by atoms with Gasteiger partial charge in [0.05, 0.1) is 6.61 Å². The van der Waals surface area contributed by atoms with Crippen molar-refractivity contribution in [3.05, 3.63) is 29.6 Å². The molecule has 1 atom stereocenters. The lowest BCUT2D eigenvalue weighted by molar-refractivity contribution is 0.285. The van der Waals surface area contributed by atoms with Crippen LogP contribution in [0.4, 0.5) is 5.82 Å². The minimum Gasteiger partial charge on any atom is -0.489 e. The molecular formula is C14H20N2O. The third kappa shape index (κ3) is 2.14. The number of fused-ring (bicyclic) bond motifs is 1. The average molecular weight is 232 g/mol. The molecule has 3 heteroatoms. The monoisotopic (exact) mass is 232 g/mol. The molecule has 0 aromatic carbocycles. The standard InChI is InChI=1S/C14H20N2O/c1-5-10(2)13-11(3)9-17-12-7-6-8-15-14(12)16(13)4/h6-8,11H,5,9H2,1-4H3/b13-10-. The summed E-state index contributed by atoms with van der Waals surface area (Å²) in [5.74, 6) is 2.19. The zero-order valence-electron chi connectivity index (χ0n) is 11.0. The number of allylic oxidation sites excluding steroid dienone is 1. The van der Waals surface area contributed by atoms with Gasteiger partial charge in [-0.2, -0.15) is 0 Å². The first-order valence-corrected chi connectivity index (χ1v) is 6.16. The van der Waals surface area contributed by atoms with E-state index in [4.69, 9.17) is 4.74 Å². The van der Waals surface area contributed by atoms with Crippen LogP contribution in [0.25, 0.3) is 0 Å². The zero-order chi connectivity index (χ0) is 12.4. The van der Waals surface area contributed by atoms with Gasteiger partial charge >= 0.3 is 0 Å². The largest absolute Gasteiger partial charge is 0.489 e. The summed E-state index contributed by atoms with van der Waals surface area (Å²) in [7, 11) is 2.07. The Balaban J connectivity index is 2.51. The van der Waals surface area contributed by atoms with Crippen LogP contribution in [0.5, 0.6) is 5.75 Å². The Morgan fingerprint density at radius 2 is 2.35 bits per heavy atom. The summed E-state index contributed by atoms with van der Waals surface area (Å²) in [6.45, 7) is 7.30. The van der Waals surface area contributed by atoms with E-state index in [1.807, 2.05) is 18.3 Å². The molecule has 0 amide bonds. The molecule has 1 unspecified atom stereocenters. The molecule has 0 aliphatic carbocycles. The lowest BCUT2D eigenvalue weighted by Gasteiger charge is -2.25. The molecule has 92 valence electrons. The normalized spacial score (nSPS) is 22.6. The molecule has 0 saturated heterocycles. The molecule has 17 heavy (non-hydrogen) atoms. The maximum Gasteiger partial charge on any atom is 0.175 e. The van der Waals surface area contributed by atoms with E-state index in [0.717, 1.165) is 24.6 Å². The van der Waals surface area contributed by atoms with Crippen molar-refractivity contribution in [1.82, 2.24) is 4.98 Å². The molecule has 0 N–H and O–H groups in total. The number of hydrogen-bond donors (Lipinski definition) is 0. The molecule has 1 aromatic rings. The summed E-state index contributed by atoms with van der Waals surface area (Å²) in [6.07, 6.45) is 2.87. The van der Waals surface area contributed by atoms with Crippen LogP contribution in [0.2, 0.25) is 0 Å². The molecule has 0 spiro atoms. The molecule has 2 rings (SSSR count). The highest BCUT2D eigenvalue weighted by Crippen LogP contribution is 2.34. The van der Waals surface area contributed by atoms with Crippen LogP contribution in [0.1, 0.15) is 27.2 Å². The SMILES string of the molecule is CC/C(C)=C1/C(C)COc2cccnc2N1C. The molecule has 3 nitrogen and oxygen atoms in total. The zero-order valence-corrected chi connectivity index (χ0v) is 11.0. The lowest BCUT2D eigenvalue weighted by Crippen LogP contribution is -2.23. The Labute approximate surface area is 103 Å². The Morgan fingerprint density at radius 1 is 1.59 bits per heavy atom. The molecule has 2 heterocycles. The van der Waals surface area contributed by atoms with Crippen LogP contribution < -0.4 is 9.64 Å². The van der Waals surface area contributed by atoms with E-state index in [1.165, 1.54) is 11.3 Å². The topological polar surface area (TPSA) is 25.4 Å². The fraction of sp³-hybridized carbons (Fsp3) is 0.500. The Kier molecular flexibility index (Phi) is 3.36. The van der Waals surface area contributed by atoms with Crippen LogP contribution >= 0.6 is 0 Å². The highest BCUT2D eigenvalue weighted by Gasteiger charge is 2.24. The van der Waals surface area contributed by atoms with Crippen LogP contribution in [-0.4, -0.2) is 18.6 Å². The van der Waals surface area contributed by atoms with Gasteiger partial charge in [-0.3, -0.25) is 0 Å². The van der Waals surface area contributed by atoms with Crippen LogP contribution in [-0.2, 0) is 0 Å². The second-order valence-electron chi connectivity index (χ2n) is 4.62. The second kappa shape index (κ2) is 4.78. The number of ether oxygens (including phenoxy) is 1. The van der Waals surface area contributed by atoms with Gasteiger partial charge in [0.15, 0.2) is 11.6 Å². The molecule has 0 saturated carbocycles. The Morgan fingerprint density at radius 3 is 3.06 bits per heavy atom. The minimum atomic E-state index is 0.397. The molecular weight excluding hydrogens is 212 g/mol. The van der Waals surface area contributed by atoms with Gasteiger partial charge < -0.3 is 9.64 Å². The number of rotatable bonds is 1. The fourth-order valence-corrected chi connectivity index (χ4v) is 2.37. The van der Waals surface area contributed by atoms with Gasteiger partial charge in [0.2, 0.25) is 0 Å². The average Bonchev–Trinajstić information content (AvgIpc) is 2.47. The number of nitrogens with zero attached hydrogens (tertiary/aromatic N) is 2. The van der Waals surface area contributed by atoms with E-state index >= 15 is 0 Å². The lowest BCUT2D eigenvalue weighted by atomic mass is 10.0. The number of pyridine rings is 1. The van der Waals surface area contributed by atoms with Gasteiger partial charge in [0, 0.05) is 24.9 Å². The van der Waals surface area contributed by atoms with E-state index in [2.05, 4.69) is 37.7 Å². The molecule has 0 fully saturated rings. The van der Waals surface area contributed by atoms with Crippen molar-refractivity contribution < 1.29 is 4.74 Å². The Hall–Kier alpha value is -1.51. The summed E-state index contributed by atoms with van der Waals surface area (Å²) >= 11 is 0. The summed E-state index contributed by atoms with van der Waals surface area (Å²) in [6, 6.07) is 3.90.